The van der Waals surface area contributed by atoms with E-state index in [1.54, 1.807) is 4.83 Å². The van der Waals surface area contributed by atoms with Crippen molar-refractivity contribution in [2.24, 2.45) is 0 Å². The Kier molecular flexibility index (Phi) is 2.66. The van der Waals surface area contributed by atoms with E-state index in [9.17, 15) is 13.2 Å². The second kappa shape index (κ2) is 2.80. The van der Waals surface area contributed by atoms with Crippen molar-refractivity contribution in [1.82, 2.24) is 10.2 Å². The highest BCUT2D eigenvalue weighted by Gasteiger charge is 2.01. The summed E-state index contributed by atoms with van der Waals surface area (Å²) in [6.07, 6.45) is 0. The number of nitrogens with one attached hydrogen (secondary N) is 2. The molecule has 46 valence electrons. The van der Waals surface area contributed by atoms with E-state index >= 15 is 0 Å². The van der Waals surface area contributed by atoms with Crippen LogP contribution in [0.5, 0.6) is 0 Å². The summed E-state index contributed by atoms with van der Waals surface area (Å²) in [5, 5.41) is 2.09. The molecule has 5 nitrogen and oxygen atoms in total. The van der Waals surface area contributed by atoms with Gasteiger partial charge in [0.1, 0.15) is 0 Å². The Hall–Kier alpha value is -0.395. The number of carbonyl (C=O) groups excluding carboxylic acids is 1. The van der Waals surface area contributed by atoms with Crippen molar-refractivity contribution in [1.29, 1.82) is 0 Å². The van der Waals surface area contributed by atoms with E-state index < -0.39 is 10.0 Å². The van der Waals surface area contributed by atoms with E-state index in [-0.39, 0.29) is 5.62 Å². The van der Waals surface area contributed by atoms with Gasteiger partial charge in [0.25, 0.3) is 10.0 Å². The average Bonchev–Trinajstić information content (AvgIpc) is 1.67. The maximum atomic E-state index is 10.1. The fourth-order valence-corrected chi connectivity index (χ4v) is 0.499. The van der Waals surface area contributed by atoms with Crippen molar-refractivity contribution in [2.75, 3.05) is 0 Å². The Balaban J connectivity index is 3.95. The van der Waals surface area contributed by atoms with E-state index in [1.807, 2.05) is 0 Å². The van der Waals surface area contributed by atoms with Gasteiger partial charge in [0.2, 0.25) is 13.6 Å². The minimum absolute atomic E-state index is 0.177. The molecule has 0 aliphatic carbocycles. The van der Waals surface area contributed by atoms with Crippen molar-refractivity contribution in [3.05, 3.63) is 0 Å². The zero-order valence-corrected chi connectivity index (χ0v) is 5.03. The van der Waals surface area contributed by atoms with Crippen molar-refractivity contribution in [3.63, 3.8) is 0 Å². The molecule has 0 unspecified atom stereocenters. The Morgan fingerprint density at radius 2 is 2.00 bits per heavy atom. The van der Waals surface area contributed by atoms with Crippen LogP contribution in [0.1, 0.15) is 0 Å². The molecule has 0 aromatic rings. The normalized spacial score (nSPS) is 11.0. The van der Waals surface area contributed by atoms with Gasteiger partial charge in [0.15, 0.2) is 0 Å². The Morgan fingerprint density at radius 1 is 1.50 bits per heavy atom. The molecule has 7 heteroatoms. The molecule has 0 aliphatic rings. The lowest BCUT2D eigenvalue weighted by Gasteiger charge is -1.93. The highest BCUT2D eigenvalue weighted by Crippen LogP contribution is 1.66. The van der Waals surface area contributed by atoms with Gasteiger partial charge < -0.3 is 0 Å². The summed E-state index contributed by atoms with van der Waals surface area (Å²) in [5.41, 5.74) is -0.177. The second-order valence-corrected chi connectivity index (χ2v) is 2.48. The summed E-state index contributed by atoms with van der Waals surface area (Å²) >= 11 is 0. The predicted molar refractivity (Wildman–Crippen MR) is 30.5 cm³/mol. The summed E-state index contributed by atoms with van der Waals surface area (Å²) in [6, 6.07) is 0. The smallest absolute Gasteiger partial charge is 0.283 e. The Bertz CT molecular complexity index is 162. The molecule has 8 heavy (non-hydrogen) atoms. The molecular formula is CH5BN2O3S. The van der Waals surface area contributed by atoms with Crippen molar-refractivity contribution >= 4 is 23.6 Å². The molecule has 0 saturated carbocycles. The lowest BCUT2D eigenvalue weighted by Crippen LogP contribution is -2.35. The minimum atomic E-state index is -3.71. The zero-order valence-electron chi connectivity index (χ0n) is 4.21. The molecule has 0 atom stereocenters. The van der Waals surface area contributed by atoms with Crippen LogP contribution in [-0.2, 0) is 14.8 Å². The summed E-state index contributed by atoms with van der Waals surface area (Å²) < 4.78 is 20.1. The summed E-state index contributed by atoms with van der Waals surface area (Å²) in [5.74, 6) is 0. The van der Waals surface area contributed by atoms with Gasteiger partial charge >= 0.3 is 0 Å². The second-order valence-electron chi connectivity index (χ2n) is 0.993. The van der Waals surface area contributed by atoms with Gasteiger partial charge in [-0.15, -0.1) is 0 Å². The fourth-order valence-electron chi connectivity index (χ4n) is 0.166. The molecule has 2 N–H and O–H groups in total. The number of rotatable bonds is 3. The third-order valence-corrected chi connectivity index (χ3v) is 1.11. The van der Waals surface area contributed by atoms with Crippen molar-refractivity contribution in [2.45, 2.75) is 0 Å². The van der Waals surface area contributed by atoms with Crippen LogP contribution in [0.15, 0.2) is 0 Å². The van der Waals surface area contributed by atoms with Gasteiger partial charge in [0.05, 0.1) is 0 Å². The van der Waals surface area contributed by atoms with Gasteiger partial charge in [0, 0.05) is 0 Å². The minimum Gasteiger partial charge on any atom is -0.292 e. The fraction of sp³-hybridized carbons (Fsp3) is 0. The van der Waals surface area contributed by atoms with Gasteiger partial charge in [-0.1, -0.05) is 0 Å². The van der Waals surface area contributed by atoms with E-state index in [4.69, 9.17) is 0 Å². The first-order valence-corrected chi connectivity index (χ1v) is 3.31. The van der Waals surface area contributed by atoms with E-state index in [0.29, 0.717) is 0 Å². The van der Waals surface area contributed by atoms with E-state index in [2.05, 4.69) is 5.34 Å². The van der Waals surface area contributed by atoms with Gasteiger partial charge in [-0.2, -0.15) is 4.83 Å². The third kappa shape index (κ3) is 2.72. The third-order valence-electron chi connectivity index (χ3n) is 0.371. The Morgan fingerprint density at radius 3 is 2.12 bits per heavy atom. The first kappa shape index (κ1) is 7.60. The van der Waals surface area contributed by atoms with E-state index in [0.717, 1.165) is 0 Å². The maximum Gasteiger partial charge on any atom is 0.283 e. The first-order valence-electron chi connectivity index (χ1n) is 1.76. The van der Waals surface area contributed by atoms with Crippen LogP contribution < -0.4 is 10.2 Å². The van der Waals surface area contributed by atoms with Crippen LogP contribution >= 0.6 is 0 Å². The standard InChI is InChI=1S/CH5BN2O3S/c2-3-4-8(6,7)1-5/h1,3-4H,2H2. The first-order chi connectivity index (χ1) is 3.62. The number of hydrazine groups is 1. The number of sulfonamides is 1. The summed E-state index contributed by atoms with van der Waals surface area (Å²) in [6.45, 7) is 0. The molecule has 0 amide bonds. The number of hydrogen-bond donors (Lipinski definition) is 2. The molecule has 0 aromatic carbocycles. The average molecular weight is 136 g/mol. The van der Waals surface area contributed by atoms with Crippen LogP contribution in [0, 0.1) is 0 Å². The van der Waals surface area contributed by atoms with Gasteiger partial charge in [-0.05, 0) is 0 Å². The maximum absolute atomic E-state index is 10.1. The molecule has 0 radical (unpaired) electrons. The Labute approximate surface area is 47.9 Å². The van der Waals surface area contributed by atoms with Crippen molar-refractivity contribution in [3.8, 4) is 0 Å². The largest absolute Gasteiger partial charge is 0.292 e. The SMILES string of the molecule is BNNS(=O)(=O)C=O. The van der Waals surface area contributed by atoms with E-state index in [1.165, 1.54) is 7.98 Å². The van der Waals surface area contributed by atoms with Crippen LogP contribution in [0.4, 0.5) is 0 Å². The molecule has 0 rings (SSSR count). The lowest BCUT2D eigenvalue weighted by molar-refractivity contribution is 0.551. The van der Waals surface area contributed by atoms with Crippen LogP contribution in [0.2, 0.25) is 0 Å². The zero-order chi connectivity index (χ0) is 6.62. The lowest BCUT2D eigenvalue weighted by atomic mass is 10.5. The molecule has 0 aliphatic heterocycles. The van der Waals surface area contributed by atoms with Crippen LogP contribution in [0.3, 0.4) is 0 Å². The van der Waals surface area contributed by atoms with Gasteiger partial charge in [-0.3, -0.25) is 10.1 Å². The van der Waals surface area contributed by atoms with Crippen molar-refractivity contribution < 1.29 is 13.2 Å². The van der Waals surface area contributed by atoms with Gasteiger partial charge in [-0.25, -0.2) is 8.42 Å². The summed E-state index contributed by atoms with van der Waals surface area (Å²) in [7, 11) is -2.36. The quantitative estimate of drug-likeness (QED) is 0.248. The molecular weight excluding hydrogens is 131 g/mol. The molecule has 0 heterocycles. The van der Waals surface area contributed by atoms with Crippen LogP contribution in [0.25, 0.3) is 0 Å². The number of carbonyl (C=O) groups is 1. The molecule has 0 spiro atoms. The van der Waals surface area contributed by atoms with Crippen LogP contribution in [-0.4, -0.2) is 22.0 Å². The molecule has 0 aromatic heterocycles. The number of hydrogen-bond acceptors (Lipinski definition) is 4. The highest BCUT2D eigenvalue weighted by molar-refractivity contribution is 8.02. The molecule has 0 saturated heterocycles. The molecule has 0 fully saturated rings. The molecule has 0 bridgehead atoms. The highest BCUT2D eigenvalue weighted by atomic mass is 32.2. The summed E-state index contributed by atoms with van der Waals surface area (Å²) in [4.78, 5) is 11.3. The monoisotopic (exact) mass is 136 g/mol. The topological polar surface area (TPSA) is 75.3 Å². The predicted octanol–water partition coefficient (Wildman–Crippen LogP) is -2.85.